The highest BCUT2D eigenvalue weighted by Crippen LogP contribution is 2.26. The Hall–Kier alpha value is -2.66. The van der Waals surface area contributed by atoms with Gasteiger partial charge in [-0.05, 0) is 29.8 Å². The van der Waals surface area contributed by atoms with Gasteiger partial charge < -0.3 is 5.32 Å². The van der Waals surface area contributed by atoms with Gasteiger partial charge in [-0.3, -0.25) is 0 Å². The summed E-state index contributed by atoms with van der Waals surface area (Å²) in [5.41, 5.74) is 3.31. The first-order valence-corrected chi connectivity index (χ1v) is 7.89. The Bertz CT molecular complexity index is 863. The first-order valence-electron chi connectivity index (χ1n) is 7.07. The Morgan fingerprint density at radius 1 is 1.00 bits per heavy atom. The molecule has 0 aliphatic heterocycles. The molecule has 1 N–H and O–H groups in total. The van der Waals surface area contributed by atoms with Gasteiger partial charge in [-0.1, -0.05) is 41.7 Å². The molecule has 0 radical (unpaired) electrons. The van der Waals surface area contributed by atoms with Crippen LogP contribution in [-0.2, 0) is 6.54 Å². The molecular weight excluding hydrogens is 292 g/mol. The average Bonchev–Trinajstić information content (AvgIpc) is 3.22. The minimum atomic E-state index is 0.718. The number of hydrogen-bond donors (Lipinski definition) is 1. The summed E-state index contributed by atoms with van der Waals surface area (Å²) < 4.78 is 3.08. The monoisotopic (exact) mass is 306 g/mol. The van der Waals surface area contributed by atoms with Crippen LogP contribution in [0.4, 0.5) is 5.13 Å². The number of hydrogen-bond acceptors (Lipinski definition) is 4. The van der Waals surface area contributed by atoms with Crippen molar-refractivity contribution in [1.82, 2.24) is 14.8 Å². The molecule has 2 aromatic carbocycles. The molecule has 0 amide bonds. The summed E-state index contributed by atoms with van der Waals surface area (Å²) in [7, 11) is 0. The van der Waals surface area contributed by atoms with Crippen molar-refractivity contribution < 1.29 is 0 Å². The molecule has 2 heterocycles. The number of nitrogens with one attached hydrogen (secondary N) is 1. The first-order chi connectivity index (χ1) is 10.9. The molecule has 0 unspecified atom stereocenters. The van der Waals surface area contributed by atoms with E-state index in [1.54, 1.807) is 17.5 Å². The highest BCUT2D eigenvalue weighted by Gasteiger charge is 2.06. The molecule has 0 saturated carbocycles. The SMILES string of the molecule is c1ccc(-n2cccn2)c(CNc2nc3ccccc3s2)c1. The molecule has 0 aliphatic rings. The molecule has 2 aromatic heterocycles. The minimum absolute atomic E-state index is 0.718. The van der Waals surface area contributed by atoms with E-state index in [4.69, 9.17) is 0 Å². The Balaban J connectivity index is 1.59. The average molecular weight is 306 g/mol. The molecule has 108 valence electrons. The van der Waals surface area contributed by atoms with Crippen LogP contribution in [0.5, 0.6) is 0 Å². The van der Waals surface area contributed by atoms with Crippen LogP contribution >= 0.6 is 11.3 Å². The van der Waals surface area contributed by atoms with Crippen molar-refractivity contribution in [3.05, 3.63) is 72.6 Å². The molecule has 0 atom stereocenters. The maximum Gasteiger partial charge on any atom is 0.184 e. The van der Waals surface area contributed by atoms with E-state index in [0.29, 0.717) is 0 Å². The normalized spacial score (nSPS) is 10.9. The molecule has 0 aliphatic carbocycles. The number of aromatic nitrogens is 3. The van der Waals surface area contributed by atoms with Crippen LogP contribution in [0.15, 0.2) is 67.0 Å². The van der Waals surface area contributed by atoms with Gasteiger partial charge in [0.2, 0.25) is 0 Å². The van der Waals surface area contributed by atoms with Crippen molar-refractivity contribution >= 4 is 26.7 Å². The van der Waals surface area contributed by atoms with Crippen LogP contribution in [0.3, 0.4) is 0 Å². The lowest BCUT2D eigenvalue weighted by Gasteiger charge is -2.09. The van der Waals surface area contributed by atoms with Crippen LogP contribution in [0, 0.1) is 0 Å². The summed E-state index contributed by atoms with van der Waals surface area (Å²) in [6.07, 6.45) is 3.74. The number of para-hydroxylation sites is 2. The Kier molecular flexibility index (Phi) is 3.33. The maximum atomic E-state index is 4.61. The largest absolute Gasteiger partial charge is 0.357 e. The third-order valence-electron chi connectivity index (χ3n) is 3.47. The third kappa shape index (κ3) is 2.46. The molecule has 0 bridgehead atoms. The van der Waals surface area contributed by atoms with E-state index in [2.05, 4.69) is 33.6 Å². The number of anilines is 1. The van der Waals surface area contributed by atoms with Crippen molar-refractivity contribution in [3.8, 4) is 5.69 Å². The van der Waals surface area contributed by atoms with Crippen LogP contribution in [0.25, 0.3) is 15.9 Å². The number of fused-ring (bicyclic) bond motifs is 1. The molecule has 4 aromatic rings. The van der Waals surface area contributed by atoms with Gasteiger partial charge in [0.05, 0.1) is 15.9 Å². The lowest BCUT2D eigenvalue weighted by atomic mass is 10.2. The fraction of sp³-hybridized carbons (Fsp3) is 0.0588. The molecule has 4 rings (SSSR count). The lowest BCUT2D eigenvalue weighted by Crippen LogP contribution is -2.05. The summed E-state index contributed by atoms with van der Waals surface area (Å²) in [4.78, 5) is 4.61. The zero-order valence-electron chi connectivity index (χ0n) is 11.8. The highest BCUT2D eigenvalue weighted by molar-refractivity contribution is 7.22. The number of benzene rings is 2. The summed E-state index contributed by atoms with van der Waals surface area (Å²) in [6.45, 7) is 0.718. The fourth-order valence-electron chi connectivity index (χ4n) is 2.41. The summed E-state index contributed by atoms with van der Waals surface area (Å²) >= 11 is 1.68. The van der Waals surface area contributed by atoms with Crippen molar-refractivity contribution in [2.45, 2.75) is 6.54 Å². The summed E-state index contributed by atoms with van der Waals surface area (Å²) in [5.74, 6) is 0. The van der Waals surface area contributed by atoms with Crippen LogP contribution in [-0.4, -0.2) is 14.8 Å². The van der Waals surface area contributed by atoms with E-state index < -0.39 is 0 Å². The zero-order valence-corrected chi connectivity index (χ0v) is 12.6. The summed E-state index contributed by atoms with van der Waals surface area (Å²) in [5, 5.41) is 8.67. The van der Waals surface area contributed by atoms with E-state index in [9.17, 15) is 0 Å². The molecule has 0 spiro atoms. The second-order valence-electron chi connectivity index (χ2n) is 4.92. The second-order valence-corrected chi connectivity index (χ2v) is 5.95. The van der Waals surface area contributed by atoms with Gasteiger partial charge >= 0.3 is 0 Å². The smallest absolute Gasteiger partial charge is 0.184 e. The van der Waals surface area contributed by atoms with Gasteiger partial charge in [0.1, 0.15) is 0 Å². The molecule has 5 heteroatoms. The van der Waals surface area contributed by atoms with Crippen molar-refractivity contribution in [3.63, 3.8) is 0 Å². The fourth-order valence-corrected chi connectivity index (χ4v) is 3.28. The van der Waals surface area contributed by atoms with E-state index in [-0.39, 0.29) is 0 Å². The molecule has 4 nitrogen and oxygen atoms in total. The van der Waals surface area contributed by atoms with Gasteiger partial charge in [-0.25, -0.2) is 9.67 Å². The van der Waals surface area contributed by atoms with Crippen molar-refractivity contribution in [2.24, 2.45) is 0 Å². The van der Waals surface area contributed by atoms with Crippen LogP contribution in [0.2, 0.25) is 0 Å². The quantitative estimate of drug-likeness (QED) is 0.617. The van der Waals surface area contributed by atoms with Crippen LogP contribution in [0.1, 0.15) is 5.56 Å². The highest BCUT2D eigenvalue weighted by atomic mass is 32.1. The Labute approximate surface area is 132 Å². The first kappa shape index (κ1) is 13.0. The van der Waals surface area contributed by atoms with E-state index in [1.165, 1.54) is 10.3 Å². The lowest BCUT2D eigenvalue weighted by molar-refractivity contribution is 0.864. The van der Waals surface area contributed by atoms with E-state index in [0.717, 1.165) is 22.9 Å². The Morgan fingerprint density at radius 2 is 1.86 bits per heavy atom. The van der Waals surface area contributed by atoms with Crippen LogP contribution < -0.4 is 5.32 Å². The summed E-state index contributed by atoms with van der Waals surface area (Å²) in [6, 6.07) is 18.4. The van der Waals surface area contributed by atoms with Crippen molar-refractivity contribution in [2.75, 3.05) is 5.32 Å². The topological polar surface area (TPSA) is 42.7 Å². The Morgan fingerprint density at radius 3 is 2.73 bits per heavy atom. The maximum absolute atomic E-state index is 4.61. The van der Waals surface area contributed by atoms with Gasteiger partial charge in [0, 0.05) is 18.9 Å². The molecule has 0 saturated heterocycles. The zero-order chi connectivity index (χ0) is 14.8. The molecule has 22 heavy (non-hydrogen) atoms. The molecular formula is C17H14N4S. The second kappa shape index (κ2) is 5.61. The van der Waals surface area contributed by atoms with Gasteiger partial charge in [0.15, 0.2) is 5.13 Å². The predicted octanol–water partition coefficient (Wildman–Crippen LogP) is 4.09. The van der Waals surface area contributed by atoms with Gasteiger partial charge in [0.25, 0.3) is 0 Å². The van der Waals surface area contributed by atoms with E-state index in [1.807, 2.05) is 47.3 Å². The number of rotatable bonds is 4. The van der Waals surface area contributed by atoms with E-state index >= 15 is 0 Å². The minimum Gasteiger partial charge on any atom is -0.357 e. The molecule has 0 fully saturated rings. The number of thiazole rings is 1. The van der Waals surface area contributed by atoms with Gasteiger partial charge in [-0.15, -0.1) is 0 Å². The standard InChI is InChI=1S/C17H14N4S/c1-3-8-15(21-11-5-10-19-21)13(6-1)12-18-17-20-14-7-2-4-9-16(14)22-17/h1-11H,12H2,(H,18,20). The predicted molar refractivity (Wildman–Crippen MR) is 90.5 cm³/mol. The third-order valence-corrected chi connectivity index (χ3v) is 4.46. The van der Waals surface area contributed by atoms with Gasteiger partial charge in [-0.2, -0.15) is 5.10 Å². The number of nitrogens with zero attached hydrogens (tertiary/aromatic N) is 3. The van der Waals surface area contributed by atoms with Crippen molar-refractivity contribution in [1.29, 1.82) is 0 Å².